The van der Waals surface area contributed by atoms with Crippen LogP contribution >= 0.6 is 0 Å². The molecule has 1 aromatic heterocycles. The summed E-state index contributed by atoms with van der Waals surface area (Å²) in [6.45, 7) is 2.09. The van der Waals surface area contributed by atoms with E-state index in [9.17, 15) is 17.6 Å². The first kappa shape index (κ1) is 21.4. The molecule has 1 fully saturated rings. The average Bonchev–Trinajstić information content (AvgIpc) is 2.65. The van der Waals surface area contributed by atoms with E-state index < -0.39 is 12.1 Å². The van der Waals surface area contributed by atoms with Gasteiger partial charge in [0.05, 0.1) is 6.20 Å². The fourth-order valence-corrected chi connectivity index (χ4v) is 2.34. The average molecular weight is 398 g/mol. The second kappa shape index (κ2) is 9.84. The first-order chi connectivity index (χ1) is 13.2. The predicted molar refractivity (Wildman–Crippen MR) is 94.5 cm³/mol. The Morgan fingerprint density at radius 3 is 2.43 bits per heavy atom. The lowest BCUT2D eigenvalue weighted by Crippen LogP contribution is -2.22. The van der Waals surface area contributed by atoms with Crippen molar-refractivity contribution < 1.29 is 32.2 Å². The topological polar surface area (TPSA) is 71.5 Å². The van der Waals surface area contributed by atoms with Crippen molar-refractivity contribution in [1.29, 1.82) is 0 Å². The van der Waals surface area contributed by atoms with E-state index in [0.29, 0.717) is 11.6 Å². The predicted octanol–water partition coefficient (Wildman–Crippen LogP) is 4.41. The fraction of sp³-hybridized carbons (Fsp3) is 0.263. The van der Waals surface area contributed by atoms with Gasteiger partial charge in [0, 0.05) is 6.07 Å². The molecule has 2 aromatic rings. The van der Waals surface area contributed by atoms with Crippen LogP contribution in [0.2, 0.25) is 0 Å². The van der Waals surface area contributed by atoms with Crippen molar-refractivity contribution in [3.8, 4) is 11.6 Å². The quantitative estimate of drug-likeness (QED) is 0.750. The van der Waals surface area contributed by atoms with Crippen molar-refractivity contribution in [1.82, 2.24) is 10.3 Å². The minimum Gasteiger partial charge on any atom is -0.475 e. The summed E-state index contributed by atoms with van der Waals surface area (Å²) in [5, 5.41) is 10.5. The molecule has 28 heavy (non-hydrogen) atoms. The Balaban J connectivity index is 0.000000345. The van der Waals surface area contributed by atoms with Crippen LogP contribution in [-0.2, 0) is 4.79 Å². The third-order valence-electron chi connectivity index (χ3n) is 3.64. The highest BCUT2D eigenvalue weighted by Gasteiger charge is 2.38. The lowest BCUT2D eigenvalue weighted by Gasteiger charge is -2.15. The number of hydrogen-bond acceptors (Lipinski definition) is 4. The molecule has 0 unspecified atom stereocenters. The molecular weight excluding hydrogens is 380 g/mol. The fourth-order valence-electron chi connectivity index (χ4n) is 2.34. The lowest BCUT2D eigenvalue weighted by molar-refractivity contribution is -0.192. The number of piperidine rings is 1. The second-order valence-electron chi connectivity index (χ2n) is 5.84. The summed E-state index contributed by atoms with van der Waals surface area (Å²) in [6.07, 6.45) is 0.456. The van der Waals surface area contributed by atoms with Gasteiger partial charge in [-0.25, -0.2) is 14.2 Å². The standard InChI is InChI=1S/C17H17FN2O.C2HF3O2/c18-15-4-5-17(20-12-15)21-16-3-1-2-14(11-16)10-13-6-8-19-9-7-13;3-2(4,5)1(6)7/h1-5,10-12,19H,6-9H2;(H,6,7). The minimum absolute atomic E-state index is 0.369. The van der Waals surface area contributed by atoms with Gasteiger partial charge in [0.2, 0.25) is 5.88 Å². The molecule has 0 bridgehead atoms. The number of aliphatic carboxylic acids is 1. The van der Waals surface area contributed by atoms with Gasteiger partial charge in [0.1, 0.15) is 11.6 Å². The molecule has 0 atom stereocenters. The second-order valence-corrected chi connectivity index (χ2v) is 5.84. The number of aromatic nitrogens is 1. The number of carbonyl (C=O) groups is 1. The highest BCUT2D eigenvalue weighted by Crippen LogP contribution is 2.23. The maximum absolute atomic E-state index is 12.8. The minimum atomic E-state index is -5.08. The Labute approximate surface area is 158 Å². The van der Waals surface area contributed by atoms with Gasteiger partial charge in [-0.1, -0.05) is 23.8 Å². The summed E-state index contributed by atoms with van der Waals surface area (Å²) in [7, 11) is 0. The Morgan fingerprint density at radius 2 is 1.86 bits per heavy atom. The molecule has 0 spiro atoms. The van der Waals surface area contributed by atoms with Crippen LogP contribution in [0.15, 0.2) is 48.2 Å². The van der Waals surface area contributed by atoms with Gasteiger partial charge >= 0.3 is 12.1 Å². The van der Waals surface area contributed by atoms with E-state index in [1.54, 1.807) is 0 Å². The number of ether oxygens (including phenoxy) is 1. The van der Waals surface area contributed by atoms with Gasteiger partial charge in [0.25, 0.3) is 0 Å². The Bertz CT molecular complexity index is 813. The monoisotopic (exact) mass is 398 g/mol. The summed E-state index contributed by atoms with van der Waals surface area (Å²) >= 11 is 0. The van der Waals surface area contributed by atoms with Crippen LogP contribution in [0.1, 0.15) is 18.4 Å². The van der Waals surface area contributed by atoms with Gasteiger partial charge in [-0.05, 0) is 49.7 Å². The molecule has 3 rings (SSSR count). The summed E-state index contributed by atoms with van der Waals surface area (Å²) in [4.78, 5) is 12.8. The number of carboxylic acids is 1. The van der Waals surface area contributed by atoms with E-state index in [0.717, 1.165) is 37.7 Å². The summed E-state index contributed by atoms with van der Waals surface area (Å²) in [6, 6.07) is 10.7. The van der Waals surface area contributed by atoms with E-state index >= 15 is 0 Å². The first-order valence-electron chi connectivity index (χ1n) is 8.34. The van der Waals surface area contributed by atoms with E-state index in [2.05, 4.69) is 22.4 Å². The number of nitrogens with one attached hydrogen (secondary N) is 1. The molecule has 2 N–H and O–H groups in total. The molecular formula is C19H18F4N2O3. The molecule has 5 nitrogen and oxygen atoms in total. The zero-order valence-corrected chi connectivity index (χ0v) is 14.7. The molecule has 1 aromatic carbocycles. The van der Waals surface area contributed by atoms with Crippen LogP contribution in [0.4, 0.5) is 17.6 Å². The maximum Gasteiger partial charge on any atom is 0.490 e. The van der Waals surface area contributed by atoms with Gasteiger partial charge in [-0.2, -0.15) is 13.2 Å². The van der Waals surface area contributed by atoms with Crippen LogP contribution < -0.4 is 10.1 Å². The van der Waals surface area contributed by atoms with Crippen LogP contribution in [0.3, 0.4) is 0 Å². The van der Waals surface area contributed by atoms with Crippen molar-refractivity contribution in [2.75, 3.05) is 13.1 Å². The van der Waals surface area contributed by atoms with Gasteiger partial charge in [-0.3, -0.25) is 0 Å². The third-order valence-corrected chi connectivity index (χ3v) is 3.64. The number of rotatable bonds is 3. The molecule has 0 radical (unpaired) electrons. The number of benzene rings is 1. The van der Waals surface area contributed by atoms with Crippen molar-refractivity contribution in [3.05, 3.63) is 59.5 Å². The number of nitrogens with zero attached hydrogens (tertiary/aromatic N) is 1. The number of halogens is 4. The van der Waals surface area contributed by atoms with E-state index in [1.807, 2.05) is 18.2 Å². The molecule has 0 aliphatic carbocycles. The summed E-state index contributed by atoms with van der Waals surface area (Å²) in [5.74, 6) is -2.03. The first-order valence-corrected chi connectivity index (χ1v) is 8.34. The normalized spacial score (nSPS) is 13.9. The highest BCUT2D eigenvalue weighted by atomic mass is 19.4. The molecule has 1 saturated heterocycles. The summed E-state index contributed by atoms with van der Waals surface area (Å²) < 4.78 is 50.2. The molecule has 1 aliphatic heterocycles. The molecule has 1 aliphatic rings. The largest absolute Gasteiger partial charge is 0.490 e. The van der Waals surface area contributed by atoms with Crippen LogP contribution in [-0.4, -0.2) is 35.3 Å². The Hall–Kier alpha value is -2.94. The van der Waals surface area contributed by atoms with Crippen molar-refractivity contribution in [3.63, 3.8) is 0 Å². The van der Waals surface area contributed by atoms with Gasteiger partial charge < -0.3 is 15.2 Å². The maximum atomic E-state index is 12.8. The van der Waals surface area contributed by atoms with Gasteiger partial charge in [0.15, 0.2) is 0 Å². The smallest absolute Gasteiger partial charge is 0.475 e. The van der Waals surface area contributed by atoms with Gasteiger partial charge in [-0.15, -0.1) is 0 Å². The van der Waals surface area contributed by atoms with Crippen molar-refractivity contribution >= 4 is 12.0 Å². The molecule has 2 heterocycles. The lowest BCUT2D eigenvalue weighted by atomic mass is 10.0. The third kappa shape index (κ3) is 7.36. The zero-order valence-electron chi connectivity index (χ0n) is 14.7. The Kier molecular flexibility index (Phi) is 7.51. The van der Waals surface area contributed by atoms with E-state index in [4.69, 9.17) is 14.6 Å². The van der Waals surface area contributed by atoms with Crippen LogP contribution in [0, 0.1) is 5.82 Å². The van der Waals surface area contributed by atoms with Crippen LogP contribution in [0.25, 0.3) is 6.08 Å². The molecule has 0 amide bonds. The Morgan fingerprint density at radius 1 is 1.18 bits per heavy atom. The zero-order chi connectivity index (χ0) is 20.6. The van der Waals surface area contributed by atoms with Crippen molar-refractivity contribution in [2.24, 2.45) is 0 Å². The number of pyridine rings is 1. The highest BCUT2D eigenvalue weighted by molar-refractivity contribution is 5.73. The SMILES string of the molecule is Fc1ccc(Oc2cccc(C=C3CCNCC3)c2)nc1.O=C(O)C(F)(F)F. The van der Waals surface area contributed by atoms with Crippen molar-refractivity contribution in [2.45, 2.75) is 19.0 Å². The van der Waals surface area contributed by atoms with E-state index in [1.165, 1.54) is 17.7 Å². The molecule has 0 saturated carbocycles. The molecule has 9 heteroatoms. The van der Waals surface area contributed by atoms with Crippen LogP contribution in [0.5, 0.6) is 11.6 Å². The number of hydrogen-bond donors (Lipinski definition) is 2. The number of carboxylic acid groups (broad SMARTS) is 1. The molecule has 150 valence electrons. The number of alkyl halides is 3. The summed E-state index contributed by atoms with van der Waals surface area (Å²) in [5.41, 5.74) is 2.57. The van der Waals surface area contributed by atoms with E-state index in [-0.39, 0.29) is 5.82 Å².